The second-order valence-corrected chi connectivity index (χ2v) is 8.03. The summed E-state index contributed by atoms with van der Waals surface area (Å²) in [7, 11) is 0. The molecule has 2 amide bonds. The third-order valence-corrected chi connectivity index (χ3v) is 5.88. The minimum atomic E-state index is -1.54. The summed E-state index contributed by atoms with van der Waals surface area (Å²) in [6, 6.07) is 19.3. The Labute approximate surface area is 182 Å². The lowest BCUT2D eigenvalue weighted by Crippen LogP contribution is -2.50. The van der Waals surface area contributed by atoms with Crippen LogP contribution in [0.15, 0.2) is 72.9 Å². The first-order chi connectivity index (χ1) is 15.0. The van der Waals surface area contributed by atoms with Crippen LogP contribution in [0, 0.1) is 0 Å². The number of pyridine rings is 1. The number of nitrogens with two attached hydrogens (primary N) is 1. The Morgan fingerprint density at radius 2 is 1.77 bits per heavy atom. The molecule has 0 fully saturated rings. The molecule has 0 spiro atoms. The van der Waals surface area contributed by atoms with Crippen molar-refractivity contribution >= 4 is 33.4 Å². The maximum absolute atomic E-state index is 13.1. The fourth-order valence-corrected chi connectivity index (χ4v) is 4.26. The summed E-state index contributed by atoms with van der Waals surface area (Å²) in [5.41, 5.74) is 7.73. The molecular weight excluding hydrogens is 412 g/mol. The van der Waals surface area contributed by atoms with Gasteiger partial charge in [0.25, 0.3) is 5.91 Å². The number of aliphatic hydroxyl groups excluding tert-OH is 1. The number of thiazole rings is 1. The van der Waals surface area contributed by atoms with Gasteiger partial charge in [0.15, 0.2) is 6.10 Å². The Hall–Kier alpha value is -3.62. The van der Waals surface area contributed by atoms with E-state index in [1.165, 1.54) is 11.3 Å². The van der Waals surface area contributed by atoms with E-state index in [2.05, 4.69) is 15.3 Å². The molecule has 156 valence electrons. The molecule has 4 rings (SSSR count). The smallest absolute Gasteiger partial charge is 0.253 e. The van der Waals surface area contributed by atoms with Crippen molar-refractivity contribution in [1.82, 2.24) is 15.3 Å². The number of carbonyl (C=O) groups is 2. The molecule has 2 aromatic carbocycles. The summed E-state index contributed by atoms with van der Waals surface area (Å²) in [5.74, 6) is -1.37. The molecule has 0 aliphatic carbocycles. The van der Waals surface area contributed by atoms with E-state index < -0.39 is 24.0 Å². The maximum Gasteiger partial charge on any atom is 0.253 e. The number of hydrogen-bond donors (Lipinski definition) is 3. The lowest BCUT2D eigenvalue weighted by Gasteiger charge is -2.22. The topological polar surface area (TPSA) is 118 Å². The van der Waals surface area contributed by atoms with Crippen molar-refractivity contribution in [2.24, 2.45) is 5.73 Å². The number of primary amides is 1. The SMILES string of the molecule is NC(=O)C(O)C(Cc1ccccc1)NC(=O)c1cccnc1-c1nc2ccccc2s1. The van der Waals surface area contributed by atoms with Gasteiger partial charge in [-0.25, -0.2) is 4.98 Å². The molecule has 7 nitrogen and oxygen atoms in total. The molecular formula is C23H20N4O3S. The summed E-state index contributed by atoms with van der Waals surface area (Å²) in [4.78, 5) is 33.7. The van der Waals surface area contributed by atoms with Crippen molar-refractivity contribution in [2.75, 3.05) is 0 Å². The standard InChI is InChI=1S/C23H20N4O3S/c24-21(29)20(28)17(13-14-7-2-1-3-8-14)26-22(30)15-9-6-12-25-19(15)23-27-16-10-4-5-11-18(16)31-23/h1-12,17,20,28H,13H2,(H2,24,29)(H,26,30). The number of aromatic nitrogens is 2. The van der Waals surface area contributed by atoms with Gasteiger partial charge in [-0.15, -0.1) is 11.3 Å². The average molecular weight is 433 g/mol. The van der Waals surface area contributed by atoms with Crippen molar-refractivity contribution in [3.05, 3.63) is 84.1 Å². The van der Waals surface area contributed by atoms with E-state index in [0.717, 1.165) is 15.8 Å². The molecule has 4 aromatic rings. The number of aliphatic hydroxyl groups is 1. The largest absolute Gasteiger partial charge is 0.381 e. The van der Waals surface area contributed by atoms with Crippen LogP contribution in [0.2, 0.25) is 0 Å². The fraction of sp³-hybridized carbons (Fsp3) is 0.130. The molecule has 0 aliphatic rings. The molecule has 2 unspecified atom stereocenters. The third-order valence-electron chi connectivity index (χ3n) is 4.84. The second-order valence-electron chi connectivity index (χ2n) is 7.00. The van der Waals surface area contributed by atoms with Crippen LogP contribution in [0.25, 0.3) is 20.9 Å². The first kappa shape index (κ1) is 20.6. The van der Waals surface area contributed by atoms with Crippen LogP contribution in [0.4, 0.5) is 0 Å². The van der Waals surface area contributed by atoms with E-state index in [9.17, 15) is 14.7 Å². The van der Waals surface area contributed by atoms with Crippen LogP contribution in [0.5, 0.6) is 0 Å². The number of carbonyl (C=O) groups excluding carboxylic acids is 2. The van der Waals surface area contributed by atoms with Gasteiger partial charge < -0.3 is 16.2 Å². The van der Waals surface area contributed by atoms with Crippen molar-refractivity contribution in [3.8, 4) is 10.7 Å². The van der Waals surface area contributed by atoms with Crippen molar-refractivity contribution in [3.63, 3.8) is 0 Å². The van der Waals surface area contributed by atoms with Crippen LogP contribution in [-0.4, -0.2) is 39.0 Å². The van der Waals surface area contributed by atoms with Crippen LogP contribution >= 0.6 is 11.3 Å². The zero-order chi connectivity index (χ0) is 21.8. The fourth-order valence-electron chi connectivity index (χ4n) is 3.29. The first-order valence-corrected chi connectivity index (χ1v) is 10.5. The highest BCUT2D eigenvalue weighted by atomic mass is 32.1. The Morgan fingerprint density at radius 3 is 2.52 bits per heavy atom. The summed E-state index contributed by atoms with van der Waals surface area (Å²) in [6.07, 6.45) is 0.303. The van der Waals surface area contributed by atoms with Gasteiger partial charge in [0.05, 0.1) is 21.8 Å². The number of amides is 2. The lowest BCUT2D eigenvalue weighted by molar-refractivity contribution is -0.127. The Morgan fingerprint density at radius 1 is 1.03 bits per heavy atom. The third kappa shape index (κ3) is 4.60. The van der Waals surface area contributed by atoms with Crippen LogP contribution in [0.1, 0.15) is 15.9 Å². The first-order valence-electron chi connectivity index (χ1n) is 9.66. The van der Waals surface area contributed by atoms with Crippen LogP contribution in [0.3, 0.4) is 0 Å². The van der Waals surface area contributed by atoms with Gasteiger partial charge >= 0.3 is 0 Å². The quantitative estimate of drug-likeness (QED) is 0.415. The number of para-hydroxylation sites is 1. The molecule has 0 aliphatic heterocycles. The summed E-state index contributed by atoms with van der Waals surface area (Å²) in [6.45, 7) is 0. The summed E-state index contributed by atoms with van der Waals surface area (Å²) < 4.78 is 0.987. The Kier molecular flexibility index (Phi) is 6.01. The summed E-state index contributed by atoms with van der Waals surface area (Å²) >= 11 is 1.44. The Bertz CT molecular complexity index is 1190. The van der Waals surface area contributed by atoms with Crippen LogP contribution in [-0.2, 0) is 11.2 Å². The number of nitrogens with one attached hydrogen (secondary N) is 1. The van der Waals surface area contributed by atoms with Crippen molar-refractivity contribution in [1.29, 1.82) is 0 Å². The number of hydrogen-bond acceptors (Lipinski definition) is 6. The molecule has 0 saturated carbocycles. The number of nitrogens with zero attached hydrogens (tertiary/aromatic N) is 2. The van der Waals surface area contributed by atoms with E-state index >= 15 is 0 Å². The van der Waals surface area contributed by atoms with E-state index in [1.54, 1.807) is 18.3 Å². The van der Waals surface area contributed by atoms with Crippen LogP contribution < -0.4 is 11.1 Å². The predicted molar refractivity (Wildman–Crippen MR) is 119 cm³/mol. The highest BCUT2D eigenvalue weighted by Crippen LogP contribution is 2.30. The van der Waals surface area contributed by atoms with Crippen molar-refractivity contribution in [2.45, 2.75) is 18.6 Å². The molecule has 0 radical (unpaired) electrons. The minimum Gasteiger partial charge on any atom is -0.381 e. The summed E-state index contributed by atoms with van der Waals surface area (Å²) in [5, 5.41) is 13.7. The molecule has 2 aromatic heterocycles. The van der Waals surface area contributed by atoms with Gasteiger partial charge in [-0.05, 0) is 36.2 Å². The van der Waals surface area contributed by atoms with Gasteiger partial charge in [0.2, 0.25) is 5.91 Å². The monoisotopic (exact) mass is 432 g/mol. The van der Waals surface area contributed by atoms with E-state index in [1.807, 2.05) is 54.6 Å². The maximum atomic E-state index is 13.1. The number of rotatable bonds is 7. The Balaban J connectivity index is 1.64. The number of benzene rings is 2. The molecule has 2 atom stereocenters. The molecule has 4 N–H and O–H groups in total. The molecule has 8 heteroatoms. The normalized spacial score (nSPS) is 12.9. The van der Waals surface area contributed by atoms with Crippen molar-refractivity contribution < 1.29 is 14.7 Å². The zero-order valence-corrected chi connectivity index (χ0v) is 17.3. The van der Waals surface area contributed by atoms with Gasteiger partial charge in [-0.1, -0.05) is 42.5 Å². The highest BCUT2D eigenvalue weighted by molar-refractivity contribution is 7.21. The second kappa shape index (κ2) is 9.03. The van der Waals surface area contributed by atoms with Gasteiger partial charge in [0.1, 0.15) is 10.7 Å². The lowest BCUT2D eigenvalue weighted by atomic mass is 10.00. The molecule has 31 heavy (non-hydrogen) atoms. The van der Waals surface area contributed by atoms with E-state index in [-0.39, 0.29) is 6.42 Å². The average Bonchev–Trinajstić information content (AvgIpc) is 3.23. The zero-order valence-electron chi connectivity index (χ0n) is 16.4. The van der Waals surface area contributed by atoms with Gasteiger partial charge in [-0.3, -0.25) is 14.6 Å². The van der Waals surface area contributed by atoms with Gasteiger partial charge in [-0.2, -0.15) is 0 Å². The molecule has 0 bridgehead atoms. The predicted octanol–water partition coefficient (Wildman–Crippen LogP) is 2.55. The van der Waals surface area contributed by atoms with E-state index in [4.69, 9.17) is 5.73 Å². The number of fused-ring (bicyclic) bond motifs is 1. The minimum absolute atomic E-state index is 0.243. The van der Waals surface area contributed by atoms with E-state index in [0.29, 0.717) is 16.3 Å². The van der Waals surface area contributed by atoms with Gasteiger partial charge in [0, 0.05) is 6.20 Å². The molecule has 2 heterocycles. The highest BCUT2D eigenvalue weighted by Gasteiger charge is 2.28. The molecule has 0 saturated heterocycles.